The molecule has 4 rings (SSSR count). The Hall–Kier alpha value is -2.59. The summed E-state index contributed by atoms with van der Waals surface area (Å²) in [7, 11) is -3.27. The maximum atomic E-state index is 12.5. The van der Waals surface area contributed by atoms with Gasteiger partial charge in [0.25, 0.3) is 5.56 Å². The summed E-state index contributed by atoms with van der Waals surface area (Å²) in [6.45, 7) is 4.94. The second kappa shape index (κ2) is 7.68. The molecule has 10 heteroatoms. The van der Waals surface area contributed by atoms with Gasteiger partial charge in [-0.15, -0.1) is 5.10 Å². The number of aryl methyl sites for hydroxylation is 1. The number of rotatable bonds is 5. The molecule has 0 aliphatic carbocycles. The molecule has 1 atom stereocenters. The molecule has 0 saturated carbocycles. The molecule has 0 amide bonds. The number of hydrogen-bond donors (Lipinski definition) is 1. The predicted octanol–water partition coefficient (Wildman–Crippen LogP) is 1.40. The van der Waals surface area contributed by atoms with Gasteiger partial charge in [-0.25, -0.2) is 22.4 Å². The van der Waals surface area contributed by atoms with Gasteiger partial charge in [-0.05, 0) is 32.3 Å². The Kier molecular flexibility index (Phi) is 5.22. The number of aromatic amines is 1. The maximum Gasteiger partial charge on any atom is 0.281 e. The van der Waals surface area contributed by atoms with Gasteiger partial charge in [-0.1, -0.05) is 35.0 Å². The van der Waals surface area contributed by atoms with Crippen molar-refractivity contribution in [3.8, 4) is 0 Å². The lowest BCUT2D eigenvalue weighted by atomic mass is 9.99. The Balaban J connectivity index is 1.67. The quantitative estimate of drug-likeness (QED) is 0.672. The van der Waals surface area contributed by atoms with Crippen molar-refractivity contribution in [2.75, 3.05) is 18.8 Å². The molecule has 154 valence electrons. The highest BCUT2D eigenvalue weighted by atomic mass is 32.2. The fourth-order valence-corrected chi connectivity index (χ4v) is 4.83. The van der Waals surface area contributed by atoms with Crippen LogP contribution < -0.4 is 5.56 Å². The van der Waals surface area contributed by atoms with E-state index >= 15 is 0 Å². The first kappa shape index (κ1) is 19.7. The number of nitrogens with zero attached hydrogens (tertiary/aromatic N) is 5. The minimum absolute atomic E-state index is 0.0654. The molecule has 3 heterocycles. The molecule has 1 N–H and O–H groups in total. The van der Waals surface area contributed by atoms with E-state index in [1.165, 1.54) is 4.31 Å². The van der Waals surface area contributed by atoms with E-state index in [4.69, 9.17) is 0 Å². The minimum Gasteiger partial charge on any atom is -0.308 e. The van der Waals surface area contributed by atoms with E-state index in [1.807, 2.05) is 31.2 Å². The van der Waals surface area contributed by atoms with E-state index in [0.29, 0.717) is 31.1 Å². The molecular formula is C19H24N6O3S. The molecule has 1 saturated heterocycles. The van der Waals surface area contributed by atoms with E-state index in [2.05, 4.69) is 20.3 Å². The van der Waals surface area contributed by atoms with Crippen LogP contribution >= 0.6 is 0 Å². The van der Waals surface area contributed by atoms with Crippen molar-refractivity contribution in [2.45, 2.75) is 39.2 Å². The summed E-state index contributed by atoms with van der Waals surface area (Å²) in [6.07, 6.45) is 1.50. The lowest BCUT2D eigenvalue weighted by Crippen LogP contribution is -2.40. The Morgan fingerprint density at radius 3 is 2.72 bits per heavy atom. The van der Waals surface area contributed by atoms with E-state index in [-0.39, 0.29) is 22.7 Å². The Morgan fingerprint density at radius 1 is 1.24 bits per heavy atom. The number of H-pyrrole nitrogens is 1. The second-order valence-electron chi connectivity index (χ2n) is 7.45. The fourth-order valence-electron chi connectivity index (χ4n) is 3.65. The smallest absolute Gasteiger partial charge is 0.281 e. The first-order chi connectivity index (χ1) is 13.9. The summed E-state index contributed by atoms with van der Waals surface area (Å²) in [5.74, 6) is 0.395. The van der Waals surface area contributed by atoms with Crippen LogP contribution in [0, 0.1) is 6.92 Å². The van der Waals surface area contributed by atoms with E-state index in [1.54, 1.807) is 11.6 Å². The molecule has 9 nitrogen and oxygen atoms in total. The van der Waals surface area contributed by atoms with Crippen LogP contribution in [0.5, 0.6) is 0 Å². The Labute approximate surface area is 168 Å². The second-order valence-corrected chi connectivity index (χ2v) is 9.71. The van der Waals surface area contributed by atoms with Gasteiger partial charge >= 0.3 is 0 Å². The maximum absolute atomic E-state index is 12.5. The topological polar surface area (TPSA) is 114 Å². The summed E-state index contributed by atoms with van der Waals surface area (Å²) >= 11 is 0. The van der Waals surface area contributed by atoms with Gasteiger partial charge in [0.1, 0.15) is 5.82 Å². The number of sulfonamides is 1. The lowest BCUT2D eigenvalue weighted by molar-refractivity contribution is 0.309. The molecule has 1 aliphatic rings. The van der Waals surface area contributed by atoms with Crippen LogP contribution in [0.2, 0.25) is 0 Å². The van der Waals surface area contributed by atoms with Crippen LogP contribution in [-0.2, 0) is 16.6 Å². The van der Waals surface area contributed by atoms with Gasteiger partial charge in [-0.3, -0.25) is 4.79 Å². The highest BCUT2D eigenvalue weighted by Crippen LogP contribution is 2.26. The summed E-state index contributed by atoms with van der Waals surface area (Å²) in [5, 5.41) is 8.09. The summed E-state index contributed by atoms with van der Waals surface area (Å²) in [6, 6.07) is 8.05. The van der Waals surface area contributed by atoms with Crippen molar-refractivity contribution < 1.29 is 8.42 Å². The number of benzene rings is 1. The Bertz CT molecular complexity index is 1180. The number of fused-ring (bicyclic) bond motifs is 1. The molecule has 1 aliphatic heterocycles. The van der Waals surface area contributed by atoms with Crippen molar-refractivity contribution in [1.82, 2.24) is 29.3 Å². The molecule has 1 fully saturated rings. The van der Waals surface area contributed by atoms with Crippen LogP contribution in [0.15, 0.2) is 29.1 Å². The predicted molar refractivity (Wildman–Crippen MR) is 109 cm³/mol. The SMILES string of the molecule is CCS(=O)(=O)N1CCC[C@@H](c2nc3c(nnn3Cc3ccc(C)cc3)c(=O)[nH]2)C1. The van der Waals surface area contributed by atoms with E-state index in [9.17, 15) is 13.2 Å². The highest BCUT2D eigenvalue weighted by Gasteiger charge is 2.30. The number of piperidine rings is 1. The molecule has 1 aromatic carbocycles. The van der Waals surface area contributed by atoms with Gasteiger partial charge in [0.2, 0.25) is 10.0 Å². The average molecular weight is 417 g/mol. The van der Waals surface area contributed by atoms with Gasteiger partial charge in [0, 0.05) is 19.0 Å². The zero-order valence-corrected chi connectivity index (χ0v) is 17.3. The van der Waals surface area contributed by atoms with E-state index in [0.717, 1.165) is 24.0 Å². The third-order valence-electron chi connectivity index (χ3n) is 5.37. The zero-order valence-electron chi connectivity index (χ0n) is 16.5. The lowest BCUT2D eigenvalue weighted by Gasteiger charge is -2.31. The molecule has 2 aromatic heterocycles. The van der Waals surface area contributed by atoms with Gasteiger partial charge in [0.15, 0.2) is 11.2 Å². The molecule has 0 bridgehead atoms. The van der Waals surface area contributed by atoms with Crippen LogP contribution in [0.3, 0.4) is 0 Å². The molecular weight excluding hydrogens is 392 g/mol. The number of aromatic nitrogens is 5. The largest absolute Gasteiger partial charge is 0.308 e. The van der Waals surface area contributed by atoms with Gasteiger partial charge < -0.3 is 4.98 Å². The minimum atomic E-state index is -3.27. The third kappa shape index (κ3) is 3.95. The van der Waals surface area contributed by atoms with E-state index < -0.39 is 10.0 Å². The highest BCUT2D eigenvalue weighted by molar-refractivity contribution is 7.89. The van der Waals surface area contributed by atoms with Crippen LogP contribution in [0.4, 0.5) is 0 Å². The fraction of sp³-hybridized carbons (Fsp3) is 0.474. The normalized spacial score (nSPS) is 18.3. The summed E-state index contributed by atoms with van der Waals surface area (Å²) in [5.41, 5.74) is 2.45. The molecule has 0 unspecified atom stereocenters. The van der Waals surface area contributed by atoms with Gasteiger partial charge in [-0.2, -0.15) is 0 Å². The van der Waals surface area contributed by atoms with Crippen molar-refractivity contribution in [3.63, 3.8) is 0 Å². The van der Waals surface area contributed by atoms with Crippen molar-refractivity contribution in [2.24, 2.45) is 0 Å². The molecule has 0 radical (unpaired) electrons. The van der Waals surface area contributed by atoms with Crippen molar-refractivity contribution >= 4 is 21.2 Å². The first-order valence-corrected chi connectivity index (χ1v) is 11.3. The zero-order chi connectivity index (χ0) is 20.6. The monoisotopic (exact) mass is 416 g/mol. The summed E-state index contributed by atoms with van der Waals surface area (Å²) in [4.78, 5) is 20.0. The summed E-state index contributed by atoms with van der Waals surface area (Å²) < 4.78 is 27.6. The van der Waals surface area contributed by atoms with Crippen LogP contribution in [0.1, 0.15) is 42.6 Å². The Morgan fingerprint density at radius 2 is 2.00 bits per heavy atom. The van der Waals surface area contributed by atoms with Gasteiger partial charge in [0.05, 0.1) is 12.3 Å². The molecule has 0 spiro atoms. The number of nitrogens with one attached hydrogen (secondary N) is 1. The third-order valence-corrected chi connectivity index (χ3v) is 7.22. The molecule has 3 aromatic rings. The molecule has 29 heavy (non-hydrogen) atoms. The average Bonchev–Trinajstić information content (AvgIpc) is 3.13. The van der Waals surface area contributed by atoms with Crippen molar-refractivity contribution in [1.29, 1.82) is 0 Å². The van der Waals surface area contributed by atoms with Crippen LogP contribution in [-0.4, -0.2) is 56.5 Å². The van der Waals surface area contributed by atoms with Crippen LogP contribution in [0.25, 0.3) is 11.2 Å². The number of hydrogen-bond acceptors (Lipinski definition) is 6. The standard InChI is InChI=1S/C19H24N6O3S/c1-3-29(27,28)24-10-4-5-15(12-24)17-20-18-16(19(26)21-17)22-23-25(18)11-14-8-6-13(2)7-9-14/h6-9,15H,3-5,10-12H2,1-2H3,(H,20,21,26)/t15-/m1/s1. The first-order valence-electron chi connectivity index (χ1n) is 9.74. The van der Waals surface area contributed by atoms with Crippen molar-refractivity contribution in [3.05, 3.63) is 51.6 Å².